The van der Waals surface area contributed by atoms with Crippen LogP contribution >= 0.6 is 11.3 Å². The van der Waals surface area contributed by atoms with E-state index in [0.29, 0.717) is 17.5 Å². The van der Waals surface area contributed by atoms with Crippen LogP contribution in [-0.4, -0.2) is 69.1 Å². The summed E-state index contributed by atoms with van der Waals surface area (Å²) < 4.78 is 31.7. The quantitative estimate of drug-likeness (QED) is 0.808. The zero-order valence-electron chi connectivity index (χ0n) is 15.2. The zero-order chi connectivity index (χ0) is 21.0. The lowest BCUT2D eigenvalue weighted by Gasteiger charge is -2.20. The van der Waals surface area contributed by atoms with Crippen molar-refractivity contribution >= 4 is 23.2 Å². The van der Waals surface area contributed by atoms with Gasteiger partial charge < -0.3 is 10.0 Å². The van der Waals surface area contributed by atoms with Gasteiger partial charge in [-0.2, -0.15) is 13.2 Å². The third kappa shape index (κ3) is 5.51. The van der Waals surface area contributed by atoms with Crippen LogP contribution in [0.5, 0.6) is 0 Å². The minimum Gasteiger partial charge on any atom is -0.475 e. The fourth-order valence-corrected chi connectivity index (χ4v) is 4.11. The topological polar surface area (TPSA) is 86.6 Å². The van der Waals surface area contributed by atoms with Crippen LogP contribution in [0.4, 0.5) is 13.2 Å². The number of pyridine rings is 1. The summed E-state index contributed by atoms with van der Waals surface area (Å²) >= 11 is 1.48. The van der Waals surface area contributed by atoms with Gasteiger partial charge in [0.2, 0.25) is 0 Å². The van der Waals surface area contributed by atoms with Gasteiger partial charge in [0.1, 0.15) is 5.69 Å². The molecule has 1 N–H and O–H groups in total. The summed E-state index contributed by atoms with van der Waals surface area (Å²) in [4.78, 5) is 34.2. The monoisotopic (exact) mass is 428 g/mol. The molecule has 2 fully saturated rings. The van der Waals surface area contributed by atoms with Crippen molar-refractivity contribution in [1.82, 2.24) is 19.8 Å². The van der Waals surface area contributed by atoms with Gasteiger partial charge in [-0.25, -0.2) is 9.78 Å². The van der Waals surface area contributed by atoms with Crippen molar-refractivity contribution in [3.05, 3.63) is 46.7 Å². The molecule has 4 heterocycles. The first kappa shape index (κ1) is 21.2. The third-order valence-corrected chi connectivity index (χ3v) is 5.44. The van der Waals surface area contributed by atoms with Crippen molar-refractivity contribution < 1.29 is 27.9 Å². The molecule has 2 atom stereocenters. The van der Waals surface area contributed by atoms with Crippen LogP contribution in [0.25, 0.3) is 0 Å². The molecule has 11 heteroatoms. The van der Waals surface area contributed by atoms with Gasteiger partial charge in [0, 0.05) is 44.3 Å². The molecule has 0 bridgehead atoms. The highest BCUT2D eigenvalue weighted by atomic mass is 32.1. The zero-order valence-corrected chi connectivity index (χ0v) is 16.1. The number of hydrogen-bond acceptors (Lipinski definition) is 6. The summed E-state index contributed by atoms with van der Waals surface area (Å²) in [5.41, 5.74) is 3.44. The normalized spacial score (nSPS) is 21.4. The van der Waals surface area contributed by atoms with Gasteiger partial charge in [-0.3, -0.25) is 14.7 Å². The molecule has 0 saturated carbocycles. The molecule has 156 valence electrons. The van der Waals surface area contributed by atoms with Gasteiger partial charge in [0.05, 0.1) is 11.2 Å². The number of aromatic nitrogens is 2. The number of alkyl halides is 3. The van der Waals surface area contributed by atoms with Crippen LogP contribution in [0.3, 0.4) is 0 Å². The van der Waals surface area contributed by atoms with Gasteiger partial charge in [-0.15, -0.1) is 11.3 Å². The molecular formula is C18H19F3N4O3S. The maximum absolute atomic E-state index is 12.4. The van der Waals surface area contributed by atoms with Gasteiger partial charge in [0.15, 0.2) is 0 Å². The molecule has 0 aromatic carbocycles. The van der Waals surface area contributed by atoms with Crippen LogP contribution < -0.4 is 0 Å². The Balaban J connectivity index is 0.000000298. The number of aliphatic carboxylic acids is 1. The molecule has 2 aromatic heterocycles. The van der Waals surface area contributed by atoms with Gasteiger partial charge in [0.25, 0.3) is 5.91 Å². The Morgan fingerprint density at radius 1 is 1.14 bits per heavy atom. The first-order valence-corrected chi connectivity index (χ1v) is 9.78. The number of likely N-dealkylation sites (tertiary alicyclic amines) is 2. The molecule has 4 rings (SSSR count). The summed E-state index contributed by atoms with van der Waals surface area (Å²) in [7, 11) is 0. The van der Waals surface area contributed by atoms with Crippen LogP contribution in [0, 0.1) is 11.8 Å². The molecular weight excluding hydrogens is 409 g/mol. The first-order chi connectivity index (χ1) is 13.7. The fraction of sp³-hybridized carbons (Fsp3) is 0.444. The number of carbonyl (C=O) groups excluding carboxylic acids is 1. The second kappa shape index (κ2) is 8.87. The number of nitrogens with zero attached hydrogens (tertiary/aromatic N) is 4. The highest BCUT2D eigenvalue weighted by Crippen LogP contribution is 2.32. The molecule has 2 aromatic rings. The molecule has 0 spiro atoms. The molecule has 29 heavy (non-hydrogen) atoms. The number of fused-ring (bicyclic) bond motifs is 1. The highest BCUT2D eigenvalue weighted by Gasteiger charge is 2.42. The molecule has 2 aliphatic rings. The second-order valence-corrected chi connectivity index (χ2v) is 7.64. The average molecular weight is 428 g/mol. The Kier molecular flexibility index (Phi) is 6.48. The number of hydrogen-bond donors (Lipinski definition) is 1. The SMILES string of the molecule is O=C(O)C(F)(F)F.O=C(c1cscn1)N1CC2CN(Cc3ccccn3)CC2C1. The van der Waals surface area contributed by atoms with Gasteiger partial charge in [-0.1, -0.05) is 6.07 Å². The van der Waals surface area contributed by atoms with Crippen molar-refractivity contribution in [1.29, 1.82) is 0 Å². The maximum Gasteiger partial charge on any atom is 0.490 e. The average Bonchev–Trinajstić information content (AvgIpc) is 3.38. The Bertz CT molecular complexity index is 819. The standard InChI is InChI=1S/C16H18N4OS.C2HF3O2/c21-16(15-10-22-11-18-15)20-7-12-5-19(6-13(12)8-20)9-14-3-1-2-4-17-14;3-2(4,5)1(6)7/h1-4,10-13H,5-9H2;(H,6,7). The Morgan fingerprint density at radius 3 is 2.28 bits per heavy atom. The van der Waals surface area contributed by atoms with E-state index >= 15 is 0 Å². The summed E-state index contributed by atoms with van der Waals surface area (Å²) in [6, 6.07) is 6.06. The van der Waals surface area contributed by atoms with Crippen LogP contribution in [0.15, 0.2) is 35.3 Å². The van der Waals surface area contributed by atoms with Crippen LogP contribution in [0.1, 0.15) is 16.2 Å². The Labute approximate surface area is 168 Å². The molecule has 0 aliphatic carbocycles. The number of halogens is 3. The van der Waals surface area contributed by atoms with E-state index in [0.717, 1.165) is 38.4 Å². The lowest BCUT2D eigenvalue weighted by molar-refractivity contribution is -0.192. The predicted octanol–water partition coefficient (Wildman–Crippen LogP) is 2.38. The number of carboxylic acids is 1. The maximum atomic E-state index is 12.4. The fourth-order valence-electron chi connectivity index (χ4n) is 3.59. The minimum absolute atomic E-state index is 0.0897. The van der Waals surface area contributed by atoms with E-state index in [1.165, 1.54) is 11.3 Å². The van der Waals surface area contributed by atoms with Gasteiger partial charge in [-0.05, 0) is 24.0 Å². The minimum atomic E-state index is -5.08. The van der Waals surface area contributed by atoms with Crippen molar-refractivity contribution in [3.63, 3.8) is 0 Å². The number of carboxylic acid groups (broad SMARTS) is 1. The van der Waals surface area contributed by atoms with E-state index in [-0.39, 0.29) is 5.91 Å². The Morgan fingerprint density at radius 2 is 1.79 bits per heavy atom. The lowest BCUT2D eigenvalue weighted by atomic mass is 10.0. The lowest BCUT2D eigenvalue weighted by Crippen LogP contribution is -2.33. The highest BCUT2D eigenvalue weighted by molar-refractivity contribution is 7.07. The molecule has 0 radical (unpaired) electrons. The molecule has 2 unspecified atom stereocenters. The van der Waals surface area contributed by atoms with E-state index in [4.69, 9.17) is 9.90 Å². The third-order valence-electron chi connectivity index (χ3n) is 4.85. The van der Waals surface area contributed by atoms with E-state index in [9.17, 15) is 18.0 Å². The number of amides is 1. The van der Waals surface area contributed by atoms with E-state index < -0.39 is 12.1 Å². The summed E-state index contributed by atoms with van der Waals surface area (Å²) in [6.07, 6.45) is -3.24. The number of rotatable bonds is 3. The second-order valence-electron chi connectivity index (χ2n) is 6.92. The molecule has 2 saturated heterocycles. The summed E-state index contributed by atoms with van der Waals surface area (Å²) in [5, 5.41) is 8.96. The van der Waals surface area contributed by atoms with Crippen molar-refractivity contribution in [2.75, 3.05) is 26.2 Å². The van der Waals surface area contributed by atoms with E-state index in [1.54, 1.807) is 5.51 Å². The molecule has 7 nitrogen and oxygen atoms in total. The van der Waals surface area contributed by atoms with E-state index in [1.807, 2.05) is 28.6 Å². The van der Waals surface area contributed by atoms with Crippen molar-refractivity contribution in [2.45, 2.75) is 12.7 Å². The smallest absolute Gasteiger partial charge is 0.475 e. The predicted molar refractivity (Wildman–Crippen MR) is 98.2 cm³/mol. The van der Waals surface area contributed by atoms with Crippen molar-refractivity contribution in [3.8, 4) is 0 Å². The first-order valence-electron chi connectivity index (χ1n) is 8.84. The molecule has 2 aliphatic heterocycles. The summed E-state index contributed by atoms with van der Waals surface area (Å²) in [5.74, 6) is -1.49. The van der Waals surface area contributed by atoms with Crippen LogP contribution in [-0.2, 0) is 11.3 Å². The largest absolute Gasteiger partial charge is 0.490 e. The number of thiazole rings is 1. The summed E-state index contributed by atoms with van der Waals surface area (Å²) in [6.45, 7) is 4.75. The van der Waals surface area contributed by atoms with Gasteiger partial charge >= 0.3 is 12.1 Å². The van der Waals surface area contributed by atoms with Crippen molar-refractivity contribution in [2.24, 2.45) is 11.8 Å². The number of carbonyl (C=O) groups is 2. The van der Waals surface area contributed by atoms with Crippen LogP contribution in [0.2, 0.25) is 0 Å². The molecule has 1 amide bonds. The Hall–Kier alpha value is -2.53. The van der Waals surface area contributed by atoms with E-state index in [2.05, 4.69) is 20.9 Å².